The molecule has 2 aromatic carbocycles. The highest BCUT2D eigenvalue weighted by molar-refractivity contribution is 6.35. The normalized spacial score (nSPS) is 26.4. The van der Waals surface area contributed by atoms with Gasteiger partial charge in [-0.3, -0.25) is 0 Å². The van der Waals surface area contributed by atoms with Crippen LogP contribution >= 0.6 is 11.6 Å². The summed E-state index contributed by atoms with van der Waals surface area (Å²) in [5.74, 6) is 0.954. The molecule has 3 aliphatic heterocycles. The summed E-state index contributed by atoms with van der Waals surface area (Å²) in [6.45, 7) is 8.46. The molecule has 4 atom stereocenters. The summed E-state index contributed by atoms with van der Waals surface area (Å²) in [6, 6.07) is 13.9. The predicted octanol–water partition coefficient (Wildman–Crippen LogP) is 4.76. The van der Waals surface area contributed by atoms with Gasteiger partial charge in [-0.2, -0.15) is 9.97 Å². The second kappa shape index (κ2) is 10.4. The molecular weight excluding hydrogens is 486 g/mol. The molecule has 1 N–H and O–H groups in total. The zero-order valence-electron chi connectivity index (χ0n) is 21.9. The average molecular weight is 522 g/mol. The zero-order chi connectivity index (χ0) is 25.5. The van der Waals surface area contributed by atoms with Crippen molar-refractivity contribution in [2.75, 3.05) is 38.2 Å². The molecule has 196 valence electrons. The molecule has 6 rings (SSSR count). The minimum atomic E-state index is -0.132. The molecule has 3 aliphatic rings. The summed E-state index contributed by atoms with van der Waals surface area (Å²) in [4.78, 5) is 14.7. The number of nitrogens with zero attached hydrogens (tertiary/aromatic N) is 4. The lowest BCUT2D eigenvalue weighted by Crippen LogP contribution is -2.55. The van der Waals surface area contributed by atoms with Crippen LogP contribution in [-0.2, 0) is 17.8 Å². The van der Waals surface area contributed by atoms with Gasteiger partial charge in [-0.1, -0.05) is 41.9 Å². The molecule has 0 saturated carbocycles. The van der Waals surface area contributed by atoms with Gasteiger partial charge < -0.3 is 24.6 Å². The van der Waals surface area contributed by atoms with E-state index in [2.05, 4.69) is 60.3 Å². The molecule has 0 aliphatic carbocycles. The second-order valence-electron chi connectivity index (χ2n) is 10.8. The van der Waals surface area contributed by atoms with E-state index in [9.17, 15) is 0 Å². The molecule has 7 nitrogen and oxygen atoms in total. The molecule has 2 saturated heterocycles. The molecule has 0 bridgehead atoms. The first-order chi connectivity index (χ1) is 18.0. The number of nitrogens with one attached hydrogen (secondary N) is 1. The maximum atomic E-state index is 6.66. The summed E-state index contributed by atoms with van der Waals surface area (Å²) in [7, 11) is 2.17. The van der Waals surface area contributed by atoms with Crippen LogP contribution < -0.4 is 15.0 Å². The maximum absolute atomic E-state index is 6.66. The summed E-state index contributed by atoms with van der Waals surface area (Å²) in [5, 5.41) is 6.50. The third kappa shape index (κ3) is 4.90. The fourth-order valence-corrected chi connectivity index (χ4v) is 6.29. The number of piperazine rings is 1. The Morgan fingerprint density at radius 1 is 1.16 bits per heavy atom. The van der Waals surface area contributed by atoms with Crippen LogP contribution in [-0.4, -0.2) is 66.3 Å². The van der Waals surface area contributed by atoms with Crippen LogP contribution in [0.1, 0.15) is 49.6 Å². The number of hydrogen-bond acceptors (Lipinski definition) is 7. The molecule has 1 unspecified atom stereocenters. The smallest absolute Gasteiger partial charge is 0.318 e. The third-order valence-corrected chi connectivity index (χ3v) is 8.52. The van der Waals surface area contributed by atoms with E-state index in [1.165, 1.54) is 6.42 Å². The van der Waals surface area contributed by atoms with E-state index in [0.717, 1.165) is 64.5 Å². The Morgan fingerprint density at radius 3 is 2.81 bits per heavy atom. The van der Waals surface area contributed by atoms with E-state index >= 15 is 0 Å². The van der Waals surface area contributed by atoms with Gasteiger partial charge >= 0.3 is 6.01 Å². The van der Waals surface area contributed by atoms with Crippen molar-refractivity contribution >= 4 is 28.2 Å². The number of anilines is 1. The van der Waals surface area contributed by atoms with Crippen molar-refractivity contribution < 1.29 is 9.47 Å². The Kier molecular flexibility index (Phi) is 6.97. The molecule has 0 amide bonds. The number of rotatable bonds is 5. The van der Waals surface area contributed by atoms with Gasteiger partial charge in [0.1, 0.15) is 12.4 Å². The number of hydrogen-bond donors (Lipinski definition) is 1. The molecule has 0 radical (unpaired) electrons. The van der Waals surface area contributed by atoms with Crippen molar-refractivity contribution in [3.05, 3.63) is 58.2 Å². The largest absolute Gasteiger partial charge is 0.462 e. The maximum Gasteiger partial charge on any atom is 0.318 e. The summed E-state index contributed by atoms with van der Waals surface area (Å²) < 4.78 is 12.8. The van der Waals surface area contributed by atoms with Crippen LogP contribution in [0.4, 0.5) is 5.82 Å². The van der Waals surface area contributed by atoms with Crippen LogP contribution in [0.2, 0.25) is 5.02 Å². The van der Waals surface area contributed by atoms with Gasteiger partial charge in [0.25, 0.3) is 0 Å². The summed E-state index contributed by atoms with van der Waals surface area (Å²) in [6.07, 6.45) is 2.89. The third-order valence-electron chi connectivity index (χ3n) is 8.20. The van der Waals surface area contributed by atoms with Gasteiger partial charge in [0.05, 0.1) is 18.4 Å². The van der Waals surface area contributed by atoms with Gasteiger partial charge in [-0.05, 0) is 57.3 Å². The van der Waals surface area contributed by atoms with Crippen molar-refractivity contribution in [1.82, 2.24) is 20.2 Å². The quantitative estimate of drug-likeness (QED) is 0.519. The van der Waals surface area contributed by atoms with Gasteiger partial charge in [-0.15, -0.1) is 0 Å². The fourth-order valence-electron chi connectivity index (χ4n) is 6.00. The van der Waals surface area contributed by atoms with Gasteiger partial charge in [0.2, 0.25) is 0 Å². The lowest BCUT2D eigenvalue weighted by Gasteiger charge is -2.40. The molecular formula is C29H36ClN5O2. The van der Waals surface area contributed by atoms with E-state index in [-0.39, 0.29) is 6.10 Å². The lowest BCUT2D eigenvalue weighted by atomic mass is 9.94. The highest BCUT2D eigenvalue weighted by Crippen LogP contribution is 2.39. The molecule has 2 fully saturated rings. The van der Waals surface area contributed by atoms with Crippen molar-refractivity contribution in [3.63, 3.8) is 0 Å². The number of benzene rings is 2. The Bertz CT molecular complexity index is 1280. The Morgan fingerprint density at radius 2 is 2.00 bits per heavy atom. The Hall–Kier alpha value is -2.45. The van der Waals surface area contributed by atoms with Crippen LogP contribution in [0.15, 0.2) is 36.4 Å². The van der Waals surface area contributed by atoms with Crippen LogP contribution in [0, 0.1) is 0 Å². The average Bonchev–Trinajstić information content (AvgIpc) is 3.32. The van der Waals surface area contributed by atoms with E-state index in [1.54, 1.807) is 0 Å². The van der Waals surface area contributed by atoms with Crippen LogP contribution in [0.3, 0.4) is 0 Å². The number of aromatic nitrogens is 2. The number of fused-ring (bicyclic) bond motifs is 2. The minimum Gasteiger partial charge on any atom is -0.462 e. The van der Waals surface area contributed by atoms with Gasteiger partial charge in [0, 0.05) is 53.6 Å². The van der Waals surface area contributed by atoms with E-state index in [1.807, 2.05) is 12.1 Å². The molecule has 3 aromatic rings. The zero-order valence-corrected chi connectivity index (χ0v) is 22.7. The van der Waals surface area contributed by atoms with E-state index in [4.69, 9.17) is 31.0 Å². The van der Waals surface area contributed by atoms with Crippen molar-refractivity contribution in [2.24, 2.45) is 0 Å². The van der Waals surface area contributed by atoms with Gasteiger partial charge in [-0.25, -0.2) is 0 Å². The fraction of sp³-hybridized carbons (Fsp3) is 0.517. The highest BCUT2D eigenvalue weighted by atomic mass is 35.5. The first-order valence-electron chi connectivity index (χ1n) is 13.5. The molecule has 0 spiro atoms. The molecule has 1 aromatic heterocycles. The van der Waals surface area contributed by atoms with Gasteiger partial charge in [0.15, 0.2) is 0 Å². The van der Waals surface area contributed by atoms with E-state index in [0.29, 0.717) is 43.8 Å². The number of halogens is 1. The summed E-state index contributed by atoms with van der Waals surface area (Å²) in [5.41, 5.74) is 3.19. The van der Waals surface area contributed by atoms with Crippen LogP contribution in [0.5, 0.6) is 6.01 Å². The predicted molar refractivity (Wildman–Crippen MR) is 148 cm³/mol. The van der Waals surface area contributed by atoms with Crippen LogP contribution in [0.25, 0.3) is 10.8 Å². The minimum absolute atomic E-state index is 0.132. The topological polar surface area (TPSA) is 62.8 Å². The molecule has 37 heavy (non-hydrogen) atoms. The van der Waals surface area contributed by atoms with Crippen molar-refractivity contribution in [2.45, 2.75) is 63.9 Å². The molecule has 8 heteroatoms. The first-order valence-corrected chi connectivity index (χ1v) is 13.9. The Balaban J connectivity index is 1.36. The summed E-state index contributed by atoms with van der Waals surface area (Å²) >= 11 is 6.66. The monoisotopic (exact) mass is 521 g/mol. The number of ether oxygens (including phenoxy) is 2. The lowest BCUT2D eigenvalue weighted by molar-refractivity contribution is 0.0264. The van der Waals surface area contributed by atoms with Crippen molar-refractivity contribution in [3.8, 4) is 6.01 Å². The SMILES string of the molecule is C[C@@H]1CN(c2nc(OC[C@@H]3CCCN3C)nc3c2COC(c2cccc4cccc(Cl)c24)C3)[C@@H](C)CN1. The number of likely N-dealkylation sites (N-methyl/N-ethyl adjacent to an activating group) is 1. The first kappa shape index (κ1) is 24.9. The number of likely N-dealkylation sites (tertiary alicyclic amines) is 1. The second-order valence-corrected chi connectivity index (χ2v) is 11.2. The standard InChI is InChI=1S/C29H36ClN5O2/c1-18-15-35(19(2)14-31-18)28-23-17-36-26(22-10-4-7-20-8-5-11-24(30)27(20)22)13-25(23)32-29(33-28)37-16-21-9-6-12-34(21)3/h4-5,7-8,10-11,18-19,21,26,31H,6,9,12-17H2,1-3H3/t18-,19+,21+,26?/m1/s1. The highest BCUT2D eigenvalue weighted by Gasteiger charge is 2.33. The van der Waals surface area contributed by atoms with Crippen molar-refractivity contribution in [1.29, 1.82) is 0 Å². The van der Waals surface area contributed by atoms with E-state index < -0.39 is 0 Å². The Labute approximate surface area is 224 Å². The molecule has 4 heterocycles.